The van der Waals surface area contributed by atoms with Crippen LogP contribution in [0.3, 0.4) is 0 Å². The molecule has 2 aromatic rings. The Balaban J connectivity index is 0.00000243. The molecule has 0 saturated heterocycles. The van der Waals surface area contributed by atoms with Crippen molar-refractivity contribution in [1.82, 2.24) is 5.32 Å². The van der Waals surface area contributed by atoms with Crippen molar-refractivity contribution >= 4 is 18.1 Å². The van der Waals surface area contributed by atoms with Crippen molar-refractivity contribution in [2.45, 2.75) is 33.0 Å². The van der Waals surface area contributed by atoms with E-state index < -0.39 is 11.7 Å². The van der Waals surface area contributed by atoms with Gasteiger partial charge in [-0.2, -0.15) is 13.2 Å². The summed E-state index contributed by atoms with van der Waals surface area (Å²) in [5.74, 6) is 0. The van der Waals surface area contributed by atoms with E-state index in [0.29, 0.717) is 0 Å². The first-order valence-corrected chi connectivity index (χ1v) is 8.73. The topological polar surface area (TPSA) is 15.3 Å². The minimum Gasteiger partial charge on any atom is -0.372 e. The molecule has 1 heterocycles. The van der Waals surface area contributed by atoms with Gasteiger partial charge in [0.25, 0.3) is 0 Å². The Kier molecular flexibility index (Phi) is 6.58. The van der Waals surface area contributed by atoms with Crippen LogP contribution >= 0.6 is 12.4 Å². The van der Waals surface area contributed by atoms with Gasteiger partial charge in [-0.05, 0) is 73.3 Å². The molecule has 6 heteroatoms. The summed E-state index contributed by atoms with van der Waals surface area (Å²) in [6.07, 6.45) is -3.41. The van der Waals surface area contributed by atoms with Gasteiger partial charge in [-0.15, -0.1) is 12.4 Å². The summed E-state index contributed by atoms with van der Waals surface area (Å²) in [5.41, 5.74) is 4.91. The van der Waals surface area contributed by atoms with E-state index in [1.54, 1.807) is 12.1 Å². The predicted molar refractivity (Wildman–Crippen MR) is 103 cm³/mol. The van der Waals surface area contributed by atoms with E-state index in [9.17, 15) is 13.2 Å². The van der Waals surface area contributed by atoms with Gasteiger partial charge >= 0.3 is 6.18 Å². The van der Waals surface area contributed by atoms with Gasteiger partial charge in [-0.1, -0.05) is 12.1 Å². The van der Waals surface area contributed by atoms with E-state index in [1.807, 2.05) is 0 Å². The second-order valence-corrected chi connectivity index (χ2v) is 6.31. The lowest BCUT2D eigenvalue weighted by Gasteiger charge is -2.27. The van der Waals surface area contributed by atoms with Crippen LogP contribution in [0.25, 0.3) is 11.1 Å². The van der Waals surface area contributed by atoms with E-state index in [2.05, 4.69) is 36.2 Å². The van der Waals surface area contributed by atoms with Crippen LogP contribution in [0.2, 0.25) is 0 Å². The fourth-order valence-corrected chi connectivity index (χ4v) is 3.47. The van der Waals surface area contributed by atoms with Crippen LogP contribution in [0, 0.1) is 0 Å². The van der Waals surface area contributed by atoms with Gasteiger partial charge in [-0.3, -0.25) is 0 Å². The van der Waals surface area contributed by atoms with E-state index in [4.69, 9.17) is 0 Å². The first-order valence-electron chi connectivity index (χ1n) is 8.73. The Morgan fingerprint density at radius 3 is 2.27 bits per heavy atom. The van der Waals surface area contributed by atoms with Crippen molar-refractivity contribution in [2.24, 2.45) is 0 Å². The normalized spacial score (nSPS) is 13.7. The fraction of sp³-hybridized carbons (Fsp3) is 0.400. The largest absolute Gasteiger partial charge is 0.416 e. The van der Waals surface area contributed by atoms with Crippen LogP contribution in [0.4, 0.5) is 18.9 Å². The van der Waals surface area contributed by atoms with Gasteiger partial charge in [0.15, 0.2) is 0 Å². The summed E-state index contributed by atoms with van der Waals surface area (Å²) in [6, 6.07) is 9.86. The van der Waals surface area contributed by atoms with Crippen molar-refractivity contribution in [3.8, 4) is 11.1 Å². The third-order valence-electron chi connectivity index (χ3n) is 4.85. The minimum atomic E-state index is -4.30. The Morgan fingerprint density at radius 1 is 1.04 bits per heavy atom. The second-order valence-electron chi connectivity index (χ2n) is 6.31. The number of anilines is 1. The predicted octanol–water partition coefficient (Wildman–Crippen LogP) is 5.29. The smallest absolute Gasteiger partial charge is 0.372 e. The lowest BCUT2D eigenvalue weighted by molar-refractivity contribution is -0.137. The van der Waals surface area contributed by atoms with Crippen molar-refractivity contribution in [3.05, 3.63) is 53.1 Å². The van der Waals surface area contributed by atoms with E-state index in [1.165, 1.54) is 23.3 Å². The summed E-state index contributed by atoms with van der Waals surface area (Å²) in [5, 5.41) is 3.38. The molecule has 0 atom stereocenters. The van der Waals surface area contributed by atoms with Crippen molar-refractivity contribution in [3.63, 3.8) is 0 Å². The average Bonchev–Trinajstić information content (AvgIpc) is 2.61. The first-order chi connectivity index (χ1) is 11.9. The third kappa shape index (κ3) is 4.15. The maximum Gasteiger partial charge on any atom is 0.416 e. The van der Waals surface area contributed by atoms with Crippen LogP contribution in [-0.2, 0) is 19.1 Å². The fourth-order valence-electron chi connectivity index (χ4n) is 3.47. The molecule has 3 rings (SSSR count). The maximum atomic E-state index is 12.8. The Labute approximate surface area is 158 Å². The second kappa shape index (κ2) is 8.31. The van der Waals surface area contributed by atoms with Gasteiger partial charge in [0, 0.05) is 25.3 Å². The maximum absolute atomic E-state index is 12.8. The summed E-state index contributed by atoms with van der Waals surface area (Å²) >= 11 is 0. The number of hydrogen-bond acceptors (Lipinski definition) is 2. The number of fused-ring (bicyclic) bond motifs is 1. The monoisotopic (exact) mass is 384 g/mol. The van der Waals surface area contributed by atoms with E-state index in [-0.39, 0.29) is 12.4 Å². The van der Waals surface area contributed by atoms with E-state index in [0.717, 1.165) is 49.4 Å². The zero-order valence-corrected chi connectivity index (χ0v) is 15.8. The van der Waals surface area contributed by atoms with Crippen LogP contribution in [-0.4, -0.2) is 19.6 Å². The van der Waals surface area contributed by atoms with Crippen LogP contribution in [0.1, 0.15) is 30.5 Å². The zero-order valence-electron chi connectivity index (χ0n) is 15.0. The van der Waals surface area contributed by atoms with Crippen LogP contribution in [0.15, 0.2) is 36.4 Å². The highest BCUT2D eigenvalue weighted by Crippen LogP contribution is 2.35. The molecule has 1 aliphatic rings. The molecular weight excluding hydrogens is 361 g/mol. The quantitative estimate of drug-likeness (QED) is 0.770. The molecule has 0 fully saturated rings. The molecule has 0 unspecified atom stereocenters. The molecule has 0 saturated carbocycles. The molecule has 1 aliphatic heterocycles. The Morgan fingerprint density at radius 2 is 1.69 bits per heavy atom. The summed E-state index contributed by atoms with van der Waals surface area (Å²) in [7, 11) is 0. The van der Waals surface area contributed by atoms with Gasteiger partial charge < -0.3 is 10.2 Å². The van der Waals surface area contributed by atoms with Crippen molar-refractivity contribution in [1.29, 1.82) is 0 Å². The van der Waals surface area contributed by atoms with Gasteiger partial charge in [0.1, 0.15) is 0 Å². The number of hydrogen-bond donors (Lipinski definition) is 1. The Bertz CT molecular complexity index is 738. The number of benzene rings is 2. The highest BCUT2D eigenvalue weighted by atomic mass is 35.5. The number of halogens is 4. The number of rotatable bonds is 4. The third-order valence-corrected chi connectivity index (χ3v) is 4.85. The van der Waals surface area contributed by atoms with Gasteiger partial charge in [-0.25, -0.2) is 0 Å². The number of nitrogens with one attached hydrogen (secondary N) is 1. The molecule has 142 valence electrons. The molecule has 2 aromatic carbocycles. The summed E-state index contributed by atoms with van der Waals surface area (Å²) in [4.78, 5) is 2.27. The molecular formula is C20H24ClF3N2. The lowest BCUT2D eigenvalue weighted by atomic mass is 9.90. The van der Waals surface area contributed by atoms with Gasteiger partial charge in [0.05, 0.1) is 5.56 Å². The standard InChI is InChI=1S/C20H23F3N2.ClH/c1-3-25(4-2)17-11-15-13-24-10-9-18(15)19(12-17)14-5-7-16(8-6-14)20(21,22)23;/h5-8,11-12,24H,3-4,9-10,13H2,1-2H3;1H. The SMILES string of the molecule is CCN(CC)c1cc2c(c(-c3ccc(C(F)(F)F)cc3)c1)CCNC2.Cl. The molecule has 0 aliphatic carbocycles. The number of alkyl halides is 3. The van der Waals surface area contributed by atoms with E-state index >= 15 is 0 Å². The van der Waals surface area contributed by atoms with Gasteiger partial charge in [0.2, 0.25) is 0 Å². The van der Waals surface area contributed by atoms with Crippen LogP contribution in [0.5, 0.6) is 0 Å². The molecule has 26 heavy (non-hydrogen) atoms. The summed E-state index contributed by atoms with van der Waals surface area (Å²) in [6.45, 7) is 7.71. The molecule has 2 nitrogen and oxygen atoms in total. The van der Waals surface area contributed by atoms with Crippen LogP contribution < -0.4 is 10.2 Å². The van der Waals surface area contributed by atoms with Crippen molar-refractivity contribution in [2.75, 3.05) is 24.5 Å². The lowest BCUT2D eigenvalue weighted by Crippen LogP contribution is -2.26. The zero-order chi connectivity index (χ0) is 18.0. The average molecular weight is 385 g/mol. The number of nitrogens with zero attached hydrogens (tertiary/aromatic N) is 1. The molecule has 0 spiro atoms. The highest BCUT2D eigenvalue weighted by molar-refractivity contribution is 5.85. The highest BCUT2D eigenvalue weighted by Gasteiger charge is 2.30. The molecule has 0 amide bonds. The first kappa shape index (κ1) is 20.6. The minimum absolute atomic E-state index is 0. The molecule has 0 aromatic heterocycles. The molecule has 0 bridgehead atoms. The molecule has 1 N–H and O–H groups in total. The Hall–Kier alpha value is -1.72. The van der Waals surface area contributed by atoms with Crippen molar-refractivity contribution < 1.29 is 13.2 Å². The molecule has 0 radical (unpaired) electrons. The summed E-state index contributed by atoms with van der Waals surface area (Å²) < 4.78 is 38.5.